The molecule has 1 fully saturated rings. The lowest BCUT2D eigenvalue weighted by atomic mass is 9.64. The molecule has 32 heavy (non-hydrogen) atoms. The van der Waals surface area contributed by atoms with Gasteiger partial charge in [-0.05, 0) is 53.6 Å². The number of ether oxygens (including phenoxy) is 1. The number of primary amides is 1. The number of carbonyl (C=O) groups excluding carboxylic acids is 1. The fourth-order valence-electron chi connectivity index (χ4n) is 4.95. The van der Waals surface area contributed by atoms with Gasteiger partial charge >= 0.3 is 0 Å². The lowest BCUT2D eigenvalue weighted by molar-refractivity contribution is -0.123. The first-order valence-electron chi connectivity index (χ1n) is 13.9. The van der Waals surface area contributed by atoms with Crippen molar-refractivity contribution in [2.45, 2.75) is 24.6 Å². The van der Waals surface area contributed by atoms with Gasteiger partial charge in [0.2, 0.25) is 5.91 Å². The molecule has 2 aliphatic rings. The maximum atomic E-state index is 13.3. The minimum atomic E-state index is -2.48. The lowest BCUT2D eigenvalue weighted by Gasteiger charge is -2.37. The van der Waals surface area contributed by atoms with Crippen LogP contribution in [0.15, 0.2) is 78.9 Å². The molecule has 2 N–H and O–H groups in total. The molecule has 0 unspecified atom stereocenters. The molecule has 1 amide bonds. The van der Waals surface area contributed by atoms with E-state index in [-0.39, 0.29) is 30.8 Å². The van der Waals surface area contributed by atoms with Crippen LogP contribution in [-0.4, -0.2) is 37.0 Å². The quantitative estimate of drug-likeness (QED) is 0.615. The summed E-state index contributed by atoms with van der Waals surface area (Å²) >= 11 is 0. The monoisotopic (exact) mass is 432 g/mol. The topological polar surface area (TPSA) is 55.6 Å². The summed E-state index contributed by atoms with van der Waals surface area (Å²) in [6.07, 6.45) is -3.83. The second-order valence-corrected chi connectivity index (χ2v) is 8.25. The van der Waals surface area contributed by atoms with Crippen molar-refractivity contribution < 1.29 is 17.8 Å². The zero-order valence-corrected chi connectivity index (χ0v) is 17.8. The summed E-state index contributed by atoms with van der Waals surface area (Å²) in [7, 11) is 0. The fraction of sp³-hybridized carbons (Fsp3) is 0.321. The average Bonchev–Trinajstić information content (AvgIpc) is 3.51. The van der Waals surface area contributed by atoms with E-state index >= 15 is 0 Å². The van der Waals surface area contributed by atoms with Crippen molar-refractivity contribution in [2.75, 3.05) is 26.2 Å². The molecule has 5 rings (SSSR count). The molecule has 0 aromatic heterocycles. The van der Waals surface area contributed by atoms with E-state index in [0.717, 1.165) is 11.1 Å². The van der Waals surface area contributed by atoms with Crippen LogP contribution in [-0.2, 0) is 23.0 Å². The molecular formula is C28H30N2O2. The van der Waals surface area contributed by atoms with Gasteiger partial charge in [0.25, 0.3) is 0 Å². The Morgan fingerprint density at radius 3 is 2.44 bits per heavy atom. The van der Waals surface area contributed by atoms with Crippen LogP contribution in [0.3, 0.4) is 0 Å². The number of carbonyl (C=O) groups is 1. The Hall–Kier alpha value is -3.11. The van der Waals surface area contributed by atoms with Crippen molar-refractivity contribution in [3.05, 3.63) is 101 Å². The lowest BCUT2D eigenvalue weighted by Crippen LogP contribution is -2.49. The van der Waals surface area contributed by atoms with Gasteiger partial charge in [-0.15, -0.1) is 0 Å². The highest BCUT2D eigenvalue weighted by molar-refractivity contribution is 5.91. The van der Waals surface area contributed by atoms with E-state index < -0.39 is 36.5 Å². The number of benzene rings is 3. The van der Waals surface area contributed by atoms with Crippen molar-refractivity contribution >= 4 is 5.91 Å². The molecule has 1 saturated heterocycles. The summed E-state index contributed by atoms with van der Waals surface area (Å²) in [4.78, 5) is 14.8. The second-order valence-electron chi connectivity index (χ2n) is 8.25. The Bertz CT molecular complexity index is 1290. The highest BCUT2D eigenvalue weighted by Crippen LogP contribution is 2.43. The van der Waals surface area contributed by atoms with Gasteiger partial charge in [0.15, 0.2) is 0 Å². The van der Waals surface area contributed by atoms with E-state index in [4.69, 9.17) is 18.7 Å². The van der Waals surface area contributed by atoms with E-state index in [1.54, 1.807) is 0 Å². The van der Waals surface area contributed by atoms with Crippen molar-refractivity contribution in [2.24, 2.45) is 11.7 Å². The third-order valence-electron chi connectivity index (χ3n) is 6.48. The van der Waals surface area contributed by atoms with E-state index in [1.807, 2.05) is 60.7 Å². The van der Waals surface area contributed by atoms with Gasteiger partial charge in [0.05, 0.1) is 6.61 Å². The van der Waals surface area contributed by atoms with E-state index in [0.29, 0.717) is 12.2 Å². The Labute approximate surface area is 198 Å². The smallest absolute Gasteiger partial charge is 0.232 e. The van der Waals surface area contributed by atoms with Gasteiger partial charge in [-0.1, -0.05) is 72.8 Å². The largest absolute Gasteiger partial charge is 0.493 e. The van der Waals surface area contributed by atoms with Crippen LogP contribution in [0.4, 0.5) is 0 Å². The standard InChI is InChI=1S/C28H30N2O2/c29-27(31)28(23-7-3-1-4-8-23,24-9-5-2-6-10-24)25-14-17-30(20-25)16-13-21-11-12-26-22(19-21)15-18-32-26/h1-12,19,25H,13-18,20H2,(H2,29,31)/t25-/m1/s1/i13D2,15D2,16D2. The second kappa shape index (κ2) is 8.79. The minimum absolute atomic E-state index is 0.0337. The number of nitrogens with two attached hydrogens (primary N) is 1. The molecule has 2 aliphatic heterocycles. The normalized spacial score (nSPS) is 23.6. The molecule has 3 aromatic carbocycles. The van der Waals surface area contributed by atoms with Crippen molar-refractivity contribution in [3.63, 3.8) is 0 Å². The third kappa shape index (κ3) is 3.69. The summed E-state index contributed by atoms with van der Waals surface area (Å²) in [6, 6.07) is 22.8. The zero-order valence-electron chi connectivity index (χ0n) is 23.8. The zero-order chi connectivity index (χ0) is 27.3. The molecular weight excluding hydrogens is 396 g/mol. The molecule has 0 radical (unpaired) electrons. The highest BCUT2D eigenvalue weighted by atomic mass is 16.5. The van der Waals surface area contributed by atoms with Gasteiger partial charge in [-0.25, -0.2) is 0 Å². The van der Waals surface area contributed by atoms with E-state index in [2.05, 4.69) is 0 Å². The maximum Gasteiger partial charge on any atom is 0.232 e. The Morgan fingerprint density at radius 1 is 1.09 bits per heavy atom. The predicted octanol–water partition coefficient (Wildman–Crippen LogP) is 3.96. The van der Waals surface area contributed by atoms with Gasteiger partial charge in [-0.3, -0.25) is 4.79 Å². The summed E-state index contributed by atoms with van der Waals surface area (Å²) in [6.45, 7) is -2.29. The Balaban J connectivity index is 1.52. The molecule has 0 saturated carbocycles. The van der Waals surface area contributed by atoms with Crippen LogP contribution in [0.1, 0.15) is 36.9 Å². The average molecular weight is 433 g/mol. The summed E-state index contributed by atoms with van der Waals surface area (Å²) in [5.41, 5.74) is 6.62. The van der Waals surface area contributed by atoms with Gasteiger partial charge in [0, 0.05) is 27.6 Å². The summed E-state index contributed by atoms with van der Waals surface area (Å²) < 4.78 is 57.3. The summed E-state index contributed by atoms with van der Waals surface area (Å²) in [5.74, 6) is -0.599. The van der Waals surface area contributed by atoms with Gasteiger partial charge in [0.1, 0.15) is 11.2 Å². The minimum Gasteiger partial charge on any atom is -0.493 e. The van der Waals surface area contributed by atoms with Crippen LogP contribution < -0.4 is 10.5 Å². The summed E-state index contributed by atoms with van der Waals surface area (Å²) in [5, 5.41) is 0. The van der Waals surface area contributed by atoms with Crippen molar-refractivity contribution in [1.29, 1.82) is 0 Å². The fourth-order valence-corrected chi connectivity index (χ4v) is 4.95. The van der Waals surface area contributed by atoms with E-state index in [1.165, 1.54) is 23.1 Å². The van der Waals surface area contributed by atoms with Gasteiger partial charge < -0.3 is 15.4 Å². The molecule has 2 heterocycles. The maximum absolute atomic E-state index is 13.3. The first-order valence-corrected chi connectivity index (χ1v) is 10.9. The molecule has 1 atom stereocenters. The van der Waals surface area contributed by atoms with Crippen LogP contribution in [0.25, 0.3) is 0 Å². The van der Waals surface area contributed by atoms with Crippen molar-refractivity contribution in [1.82, 2.24) is 4.90 Å². The predicted molar refractivity (Wildman–Crippen MR) is 127 cm³/mol. The Kier molecular flexibility index (Phi) is 4.08. The van der Waals surface area contributed by atoms with Gasteiger partial charge in [-0.2, -0.15) is 0 Å². The first-order chi connectivity index (χ1) is 17.9. The highest BCUT2D eigenvalue weighted by Gasteiger charge is 2.49. The van der Waals surface area contributed by atoms with Crippen LogP contribution in [0, 0.1) is 5.92 Å². The number of nitrogens with zero attached hydrogens (tertiary/aromatic N) is 1. The van der Waals surface area contributed by atoms with Crippen LogP contribution >= 0.6 is 0 Å². The molecule has 3 aromatic rings. The molecule has 4 heteroatoms. The number of hydrogen-bond donors (Lipinski definition) is 1. The molecule has 0 bridgehead atoms. The van der Waals surface area contributed by atoms with Crippen LogP contribution in [0.5, 0.6) is 5.75 Å². The van der Waals surface area contributed by atoms with Crippen LogP contribution in [0.2, 0.25) is 0 Å². The number of amides is 1. The number of fused-ring (bicyclic) bond motifs is 1. The van der Waals surface area contributed by atoms with E-state index in [9.17, 15) is 4.79 Å². The molecule has 164 valence electrons. The molecule has 4 nitrogen and oxygen atoms in total. The third-order valence-corrected chi connectivity index (χ3v) is 6.48. The number of likely N-dealkylation sites (tertiary alicyclic amines) is 1. The molecule has 0 aliphatic carbocycles. The number of hydrogen-bond acceptors (Lipinski definition) is 3. The number of rotatable bonds is 7. The molecule has 0 spiro atoms. The SMILES string of the molecule is [2H]C1([2H])COc2ccc(C([2H])([2H])C([2H])([2H])N3CC[C@@H](C(C(N)=O)(c4ccccc4)c4ccccc4)C3)cc21. The number of aryl methyl sites for hydroxylation is 1. The first kappa shape index (κ1) is 14.9. The van der Waals surface area contributed by atoms with Crippen molar-refractivity contribution in [3.8, 4) is 5.75 Å². The Morgan fingerprint density at radius 2 is 1.78 bits per heavy atom.